The summed E-state index contributed by atoms with van der Waals surface area (Å²) in [5, 5.41) is 2.94. The minimum absolute atomic E-state index is 0.0471. The Morgan fingerprint density at radius 3 is 2.56 bits per heavy atom. The fourth-order valence-corrected chi connectivity index (χ4v) is 2.52. The summed E-state index contributed by atoms with van der Waals surface area (Å²) >= 11 is 1.72. The van der Waals surface area contributed by atoms with Crippen molar-refractivity contribution < 1.29 is 4.79 Å². The van der Waals surface area contributed by atoms with E-state index in [1.54, 1.807) is 11.8 Å². The summed E-state index contributed by atoms with van der Waals surface area (Å²) in [7, 11) is 0. The highest BCUT2D eigenvalue weighted by Crippen LogP contribution is 2.24. The number of nitrogens with two attached hydrogens (primary N) is 1. The lowest BCUT2D eigenvalue weighted by atomic mass is 9.95. The average molecular weight is 266 g/mol. The first kappa shape index (κ1) is 15.1. The Morgan fingerprint density at radius 2 is 2.00 bits per heavy atom. The molecule has 0 saturated heterocycles. The van der Waals surface area contributed by atoms with Gasteiger partial charge in [-0.25, -0.2) is 0 Å². The lowest BCUT2D eigenvalue weighted by Gasteiger charge is -2.23. The van der Waals surface area contributed by atoms with Crippen molar-refractivity contribution in [3.63, 3.8) is 0 Å². The van der Waals surface area contributed by atoms with E-state index in [0.29, 0.717) is 0 Å². The van der Waals surface area contributed by atoms with Crippen LogP contribution in [0.1, 0.15) is 20.8 Å². The van der Waals surface area contributed by atoms with E-state index in [1.807, 2.05) is 51.1 Å². The lowest BCUT2D eigenvalue weighted by molar-refractivity contribution is -0.122. The molecule has 0 aliphatic rings. The van der Waals surface area contributed by atoms with E-state index in [1.165, 1.54) is 0 Å². The van der Waals surface area contributed by atoms with Gasteiger partial charge in [0.1, 0.15) is 0 Å². The molecule has 1 rings (SSSR count). The Hall–Kier alpha value is -1.00. The van der Waals surface area contributed by atoms with Crippen molar-refractivity contribution in [2.45, 2.75) is 26.8 Å². The molecular formula is C14H22N2OS. The third-order valence-electron chi connectivity index (χ3n) is 2.49. The van der Waals surface area contributed by atoms with Gasteiger partial charge >= 0.3 is 0 Å². The zero-order valence-electron chi connectivity index (χ0n) is 11.3. The van der Waals surface area contributed by atoms with Crippen LogP contribution in [0.25, 0.3) is 0 Å². The predicted molar refractivity (Wildman–Crippen MR) is 79.8 cm³/mol. The first-order valence-corrected chi connectivity index (χ1v) is 7.27. The molecule has 0 aliphatic carbocycles. The van der Waals surface area contributed by atoms with Crippen molar-refractivity contribution >= 4 is 23.4 Å². The fourth-order valence-electron chi connectivity index (χ4n) is 1.39. The standard InChI is InChI=1S/C14H22N2OS/c1-11(15)9-18-10-14(2,3)13(17)16-12-7-5-4-6-8-12/h4-8,11H,9-10,15H2,1-3H3,(H,16,17). The number of para-hydroxylation sites is 1. The number of carbonyl (C=O) groups excluding carboxylic acids is 1. The maximum atomic E-state index is 12.2. The molecule has 0 aliphatic heterocycles. The predicted octanol–water partition coefficient (Wildman–Crippen LogP) is 2.73. The Balaban J connectivity index is 2.49. The topological polar surface area (TPSA) is 55.1 Å². The van der Waals surface area contributed by atoms with E-state index >= 15 is 0 Å². The van der Waals surface area contributed by atoms with Gasteiger partial charge in [0.25, 0.3) is 0 Å². The summed E-state index contributed by atoms with van der Waals surface area (Å²) in [6.07, 6.45) is 0. The monoisotopic (exact) mass is 266 g/mol. The first-order chi connectivity index (χ1) is 8.42. The number of hydrogen-bond donors (Lipinski definition) is 2. The molecule has 3 N–H and O–H groups in total. The SMILES string of the molecule is CC(N)CSCC(C)(C)C(=O)Nc1ccccc1. The minimum atomic E-state index is -0.393. The van der Waals surface area contributed by atoms with Crippen LogP contribution in [0, 0.1) is 5.41 Å². The third-order valence-corrected chi connectivity index (χ3v) is 4.18. The highest BCUT2D eigenvalue weighted by atomic mass is 32.2. The van der Waals surface area contributed by atoms with Gasteiger partial charge in [-0.05, 0) is 19.1 Å². The Labute approximate surface area is 114 Å². The quantitative estimate of drug-likeness (QED) is 0.832. The highest BCUT2D eigenvalue weighted by Gasteiger charge is 2.27. The molecule has 0 saturated carbocycles. The van der Waals surface area contributed by atoms with Gasteiger partial charge < -0.3 is 11.1 Å². The minimum Gasteiger partial charge on any atom is -0.327 e. The molecule has 1 aromatic rings. The Kier molecular flexibility index (Phi) is 5.69. The molecule has 1 unspecified atom stereocenters. The van der Waals surface area contributed by atoms with Crippen LogP contribution < -0.4 is 11.1 Å². The molecule has 1 atom stereocenters. The second kappa shape index (κ2) is 6.81. The second-order valence-corrected chi connectivity index (χ2v) is 6.23. The summed E-state index contributed by atoms with van der Waals surface area (Å²) < 4.78 is 0. The van der Waals surface area contributed by atoms with E-state index < -0.39 is 5.41 Å². The van der Waals surface area contributed by atoms with Crippen molar-refractivity contribution in [2.75, 3.05) is 16.8 Å². The number of anilines is 1. The number of amides is 1. The average Bonchev–Trinajstić information content (AvgIpc) is 2.29. The molecule has 0 bridgehead atoms. The number of nitrogens with one attached hydrogen (secondary N) is 1. The molecule has 3 nitrogen and oxygen atoms in total. The van der Waals surface area contributed by atoms with Gasteiger partial charge in [-0.1, -0.05) is 32.0 Å². The molecule has 0 fully saturated rings. The number of thioether (sulfide) groups is 1. The summed E-state index contributed by atoms with van der Waals surface area (Å²) in [5.41, 5.74) is 6.15. The van der Waals surface area contributed by atoms with Crippen LogP contribution in [0.15, 0.2) is 30.3 Å². The van der Waals surface area contributed by atoms with Crippen LogP contribution in [0.3, 0.4) is 0 Å². The van der Waals surface area contributed by atoms with Crippen LogP contribution in [-0.4, -0.2) is 23.5 Å². The van der Waals surface area contributed by atoms with Gasteiger partial charge in [0.15, 0.2) is 0 Å². The summed E-state index contributed by atoms with van der Waals surface area (Å²) in [5.74, 6) is 1.70. The van der Waals surface area contributed by atoms with Gasteiger partial charge in [-0.3, -0.25) is 4.79 Å². The summed E-state index contributed by atoms with van der Waals surface area (Å²) in [4.78, 5) is 12.2. The Bertz CT molecular complexity index is 377. The maximum Gasteiger partial charge on any atom is 0.230 e. The molecule has 0 aromatic heterocycles. The van der Waals surface area contributed by atoms with Gasteiger partial charge in [0, 0.05) is 23.2 Å². The van der Waals surface area contributed by atoms with Crippen LogP contribution in [0.5, 0.6) is 0 Å². The highest BCUT2D eigenvalue weighted by molar-refractivity contribution is 7.99. The van der Waals surface area contributed by atoms with Gasteiger partial charge in [-0.15, -0.1) is 0 Å². The van der Waals surface area contributed by atoms with E-state index in [2.05, 4.69) is 5.32 Å². The lowest BCUT2D eigenvalue weighted by Crippen LogP contribution is -2.33. The number of hydrogen-bond acceptors (Lipinski definition) is 3. The first-order valence-electron chi connectivity index (χ1n) is 6.11. The van der Waals surface area contributed by atoms with Crippen molar-refractivity contribution in [3.05, 3.63) is 30.3 Å². The van der Waals surface area contributed by atoms with Crippen molar-refractivity contribution in [1.29, 1.82) is 0 Å². The van der Waals surface area contributed by atoms with E-state index in [9.17, 15) is 4.79 Å². The Morgan fingerprint density at radius 1 is 1.39 bits per heavy atom. The zero-order chi connectivity index (χ0) is 13.6. The normalized spacial score (nSPS) is 13.1. The maximum absolute atomic E-state index is 12.2. The molecule has 0 radical (unpaired) electrons. The number of rotatable bonds is 6. The van der Waals surface area contributed by atoms with E-state index in [-0.39, 0.29) is 11.9 Å². The van der Waals surface area contributed by atoms with E-state index in [0.717, 1.165) is 17.2 Å². The van der Waals surface area contributed by atoms with Gasteiger partial charge in [0.2, 0.25) is 5.91 Å². The van der Waals surface area contributed by atoms with Crippen molar-refractivity contribution in [2.24, 2.45) is 11.1 Å². The fraction of sp³-hybridized carbons (Fsp3) is 0.500. The number of carbonyl (C=O) groups is 1. The van der Waals surface area contributed by atoms with Crippen molar-refractivity contribution in [1.82, 2.24) is 0 Å². The summed E-state index contributed by atoms with van der Waals surface area (Å²) in [6.45, 7) is 5.89. The van der Waals surface area contributed by atoms with Crippen LogP contribution in [-0.2, 0) is 4.79 Å². The molecule has 18 heavy (non-hydrogen) atoms. The van der Waals surface area contributed by atoms with Crippen LogP contribution >= 0.6 is 11.8 Å². The molecule has 1 aromatic carbocycles. The van der Waals surface area contributed by atoms with Gasteiger partial charge in [-0.2, -0.15) is 11.8 Å². The third kappa shape index (κ3) is 5.10. The summed E-state index contributed by atoms with van der Waals surface area (Å²) in [6, 6.07) is 9.70. The van der Waals surface area contributed by atoms with Crippen molar-refractivity contribution in [3.8, 4) is 0 Å². The molecular weight excluding hydrogens is 244 g/mol. The smallest absolute Gasteiger partial charge is 0.230 e. The molecule has 4 heteroatoms. The largest absolute Gasteiger partial charge is 0.327 e. The van der Waals surface area contributed by atoms with Crippen LogP contribution in [0.2, 0.25) is 0 Å². The van der Waals surface area contributed by atoms with E-state index in [4.69, 9.17) is 5.73 Å². The molecule has 100 valence electrons. The molecule has 0 heterocycles. The second-order valence-electron chi connectivity index (χ2n) is 5.20. The number of benzene rings is 1. The van der Waals surface area contributed by atoms with Crippen LogP contribution in [0.4, 0.5) is 5.69 Å². The molecule has 1 amide bonds. The molecule has 0 spiro atoms. The zero-order valence-corrected chi connectivity index (χ0v) is 12.1. The van der Waals surface area contributed by atoms with Gasteiger partial charge in [0.05, 0.1) is 5.41 Å².